The Bertz CT molecular complexity index is 1050. The summed E-state index contributed by atoms with van der Waals surface area (Å²) in [5.74, 6) is -0.134. The highest BCUT2D eigenvalue weighted by atomic mass is 35.5. The molecule has 1 atom stereocenters. The maximum Gasteiger partial charge on any atom is 0.416 e. The van der Waals surface area contributed by atoms with Crippen LogP contribution >= 0.6 is 11.6 Å². The van der Waals surface area contributed by atoms with E-state index in [1.54, 1.807) is 54.6 Å². The maximum atomic E-state index is 13.1. The Balaban J connectivity index is 1.56. The second-order valence-corrected chi connectivity index (χ2v) is 7.43. The maximum absolute atomic E-state index is 13.1. The molecule has 3 nitrogen and oxygen atoms in total. The highest BCUT2D eigenvalue weighted by Gasteiger charge is 2.33. The smallest absolute Gasteiger partial charge is 0.359 e. The van der Waals surface area contributed by atoms with E-state index in [1.807, 2.05) is 4.90 Å². The number of anilines is 1. The Morgan fingerprint density at radius 3 is 2.23 bits per heavy atom. The first-order chi connectivity index (χ1) is 14.3. The van der Waals surface area contributed by atoms with Gasteiger partial charge in [-0.25, -0.2) is 0 Å². The monoisotopic (exact) mass is 431 g/mol. The minimum Gasteiger partial charge on any atom is -0.359 e. The summed E-state index contributed by atoms with van der Waals surface area (Å²) in [6.45, 7) is 0.540. The molecule has 30 heavy (non-hydrogen) atoms. The SMILES string of the molecule is O=C(c1ccc(Cl)cc1)c1ccc(N2COC[C@@H]2c2cccc(C(F)(F)F)c2)cc1. The number of alkyl halides is 3. The average Bonchev–Trinajstić information content (AvgIpc) is 3.23. The number of hydrogen-bond acceptors (Lipinski definition) is 3. The fourth-order valence-corrected chi connectivity index (χ4v) is 3.59. The molecule has 0 aromatic heterocycles. The summed E-state index contributed by atoms with van der Waals surface area (Å²) in [5, 5.41) is 0.552. The van der Waals surface area contributed by atoms with Crippen LogP contribution in [0.1, 0.15) is 33.1 Å². The highest BCUT2D eigenvalue weighted by molar-refractivity contribution is 6.30. The van der Waals surface area contributed by atoms with E-state index >= 15 is 0 Å². The van der Waals surface area contributed by atoms with Crippen molar-refractivity contribution in [1.29, 1.82) is 0 Å². The fraction of sp³-hybridized carbons (Fsp3) is 0.174. The molecule has 1 heterocycles. The predicted molar refractivity (Wildman–Crippen MR) is 109 cm³/mol. The molecule has 4 rings (SSSR count). The zero-order chi connectivity index (χ0) is 21.3. The second kappa shape index (κ2) is 8.13. The van der Waals surface area contributed by atoms with Gasteiger partial charge in [0.1, 0.15) is 6.73 Å². The lowest BCUT2D eigenvalue weighted by Gasteiger charge is -2.25. The van der Waals surface area contributed by atoms with Crippen LogP contribution < -0.4 is 4.90 Å². The van der Waals surface area contributed by atoms with E-state index in [2.05, 4.69) is 0 Å². The van der Waals surface area contributed by atoms with Gasteiger partial charge in [0.15, 0.2) is 5.78 Å². The number of carbonyl (C=O) groups excluding carboxylic acids is 1. The molecule has 7 heteroatoms. The normalized spacial score (nSPS) is 16.7. The lowest BCUT2D eigenvalue weighted by molar-refractivity contribution is -0.137. The molecule has 0 N–H and O–H groups in total. The van der Waals surface area contributed by atoms with Crippen LogP contribution in [0, 0.1) is 0 Å². The van der Waals surface area contributed by atoms with Crippen molar-refractivity contribution in [2.45, 2.75) is 12.2 Å². The molecular formula is C23H17ClF3NO2. The number of ketones is 1. The first-order valence-electron chi connectivity index (χ1n) is 9.25. The molecule has 0 aliphatic carbocycles. The number of halogens is 4. The van der Waals surface area contributed by atoms with Gasteiger partial charge in [-0.1, -0.05) is 23.7 Å². The Labute approximate surface area is 176 Å². The largest absolute Gasteiger partial charge is 0.416 e. The summed E-state index contributed by atoms with van der Waals surface area (Å²) in [6, 6.07) is 18.5. The molecule has 0 radical (unpaired) electrons. The van der Waals surface area contributed by atoms with Crippen LogP contribution in [-0.4, -0.2) is 19.1 Å². The van der Waals surface area contributed by atoms with Crippen LogP contribution in [0.25, 0.3) is 0 Å². The van der Waals surface area contributed by atoms with Crippen molar-refractivity contribution in [2.24, 2.45) is 0 Å². The van der Waals surface area contributed by atoms with Gasteiger partial charge in [-0.15, -0.1) is 0 Å². The van der Waals surface area contributed by atoms with E-state index in [0.29, 0.717) is 21.7 Å². The number of ether oxygens (including phenoxy) is 1. The van der Waals surface area contributed by atoms with Gasteiger partial charge in [0, 0.05) is 21.8 Å². The third-order valence-corrected chi connectivity index (χ3v) is 5.30. The van der Waals surface area contributed by atoms with Gasteiger partial charge in [0.2, 0.25) is 0 Å². The van der Waals surface area contributed by atoms with Gasteiger partial charge in [0.05, 0.1) is 18.2 Å². The topological polar surface area (TPSA) is 29.5 Å². The van der Waals surface area contributed by atoms with E-state index in [1.165, 1.54) is 6.07 Å². The summed E-state index contributed by atoms with van der Waals surface area (Å²) in [4.78, 5) is 14.5. The van der Waals surface area contributed by atoms with E-state index < -0.39 is 11.7 Å². The van der Waals surface area contributed by atoms with Gasteiger partial charge in [-0.05, 0) is 66.2 Å². The first-order valence-corrected chi connectivity index (χ1v) is 9.62. The number of benzene rings is 3. The average molecular weight is 432 g/mol. The molecule has 1 aliphatic heterocycles. The quantitative estimate of drug-likeness (QED) is 0.466. The summed E-state index contributed by atoms with van der Waals surface area (Å²) in [5.41, 5.74) is 1.65. The highest BCUT2D eigenvalue weighted by Crippen LogP contribution is 2.35. The zero-order valence-electron chi connectivity index (χ0n) is 15.7. The van der Waals surface area contributed by atoms with Crippen molar-refractivity contribution in [3.63, 3.8) is 0 Å². The Hall–Kier alpha value is -2.83. The summed E-state index contributed by atoms with van der Waals surface area (Å²) in [7, 11) is 0. The van der Waals surface area contributed by atoms with Gasteiger partial charge in [0.25, 0.3) is 0 Å². The Morgan fingerprint density at radius 2 is 1.60 bits per heavy atom. The van der Waals surface area contributed by atoms with Crippen LogP contribution in [0.5, 0.6) is 0 Å². The predicted octanol–water partition coefficient (Wildman–Crippen LogP) is 6.13. The van der Waals surface area contributed by atoms with E-state index in [4.69, 9.17) is 16.3 Å². The van der Waals surface area contributed by atoms with Crippen molar-refractivity contribution in [1.82, 2.24) is 0 Å². The molecule has 154 valence electrons. The van der Waals surface area contributed by atoms with Crippen molar-refractivity contribution in [2.75, 3.05) is 18.2 Å². The van der Waals surface area contributed by atoms with Crippen LogP contribution in [0.15, 0.2) is 72.8 Å². The van der Waals surface area contributed by atoms with Gasteiger partial charge in [-0.3, -0.25) is 4.79 Å². The Kier molecular flexibility index (Phi) is 5.54. The van der Waals surface area contributed by atoms with Crippen LogP contribution in [0.4, 0.5) is 18.9 Å². The molecule has 1 saturated heterocycles. The molecule has 0 amide bonds. The summed E-state index contributed by atoms with van der Waals surface area (Å²) in [6.07, 6.45) is -4.40. The van der Waals surface area contributed by atoms with Crippen LogP contribution in [0.2, 0.25) is 5.02 Å². The summed E-state index contributed by atoms with van der Waals surface area (Å²) >= 11 is 5.86. The lowest BCUT2D eigenvalue weighted by atomic mass is 10.0. The van der Waals surface area contributed by atoms with E-state index in [0.717, 1.165) is 17.8 Å². The molecular weight excluding hydrogens is 415 g/mol. The minimum absolute atomic E-state index is 0.134. The van der Waals surface area contributed by atoms with Crippen molar-refractivity contribution in [3.8, 4) is 0 Å². The molecule has 0 bridgehead atoms. The molecule has 3 aromatic carbocycles. The summed E-state index contributed by atoms with van der Waals surface area (Å²) < 4.78 is 44.7. The Morgan fingerprint density at radius 1 is 0.967 bits per heavy atom. The first kappa shape index (κ1) is 20.4. The van der Waals surface area contributed by atoms with E-state index in [-0.39, 0.29) is 25.2 Å². The van der Waals surface area contributed by atoms with Gasteiger partial charge >= 0.3 is 6.18 Å². The third kappa shape index (κ3) is 4.20. The van der Waals surface area contributed by atoms with Crippen LogP contribution in [0.3, 0.4) is 0 Å². The van der Waals surface area contributed by atoms with Gasteiger partial charge in [-0.2, -0.15) is 13.2 Å². The standard InChI is InChI=1S/C23H17ClF3NO2/c24-19-8-4-15(5-9-19)22(29)16-6-10-20(11-7-16)28-14-30-13-21(28)17-2-1-3-18(12-17)23(25,26)27/h1-12,21H,13-14H2/t21-/m1/s1. The van der Waals surface area contributed by atoms with Gasteiger partial charge < -0.3 is 9.64 Å². The van der Waals surface area contributed by atoms with E-state index in [9.17, 15) is 18.0 Å². The number of nitrogens with zero attached hydrogens (tertiary/aromatic N) is 1. The molecule has 3 aromatic rings. The number of hydrogen-bond donors (Lipinski definition) is 0. The van der Waals surface area contributed by atoms with Crippen molar-refractivity contribution in [3.05, 3.63) is 100 Å². The number of carbonyl (C=O) groups is 1. The molecule has 1 aliphatic rings. The van der Waals surface area contributed by atoms with Crippen molar-refractivity contribution < 1.29 is 22.7 Å². The van der Waals surface area contributed by atoms with Crippen molar-refractivity contribution >= 4 is 23.1 Å². The van der Waals surface area contributed by atoms with Crippen LogP contribution in [-0.2, 0) is 10.9 Å². The molecule has 0 spiro atoms. The number of rotatable bonds is 4. The lowest BCUT2D eigenvalue weighted by Crippen LogP contribution is -2.24. The third-order valence-electron chi connectivity index (χ3n) is 5.05. The zero-order valence-corrected chi connectivity index (χ0v) is 16.5. The second-order valence-electron chi connectivity index (χ2n) is 6.99. The minimum atomic E-state index is -4.40. The molecule has 0 unspecified atom stereocenters. The fourth-order valence-electron chi connectivity index (χ4n) is 3.47. The molecule has 1 fully saturated rings. The molecule has 0 saturated carbocycles.